The van der Waals surface area contributed by atoms with Gasteiger partial charge in [0.05, 0.1) is 5.69 Å². The van der Waals surface area contributed by atoms with Gasteiger partial charge >= 0.3 is 6.09 Å². The zero-order valence-electron chi connectivity index (χ0n) is 15.1. The third-order valence-corrected chi connectivity index (χ3v) is 4.55. The molecule has 1 atom stereocenters. The number of hydrogen-bond acceptors (Lipinski definition) is 4. The summed E-state index contributed by atoms with van der Waals surface area (Å²) in [5.74, 6) is 0.825. The SMILES string of the molecule is CC(C)(C)OC(=O)N1CCC(Oc2ccnc(CBr)c2)CC1(C)C. The zero-order chi connectivity index (χ0) is 18.0. The number of piperidine rings is 1. The van der Waals surface area contributed by atoms with Crippen LogP contribution in [0.3, 0.4) is 0 Å². The summed E-state index contributed by atoms with van der Waals surface area (Å²) in [7, 11) is 0. The minimum Gasteiger partial charge on any atom is -0.490 e. The smallest absolute Gasteiger partial charge is 0.410 e. The van der Waals surface area contributed by atoms with Gasteiger partial charge in [0.2, 0.25) is 0 Å². The van der Waals surface area contributed by atoms with Gasteiger partial charge in [-0.15, -0.1) is 0 Å². The minimum atomic E-state index is -0.483. The van der Waals surface area contributed by atoms with Crippen LogP contribution in [0.5, 0.6) is 5.75 Å². The molecule has 0 bridgehead atoms. The second-order valence-corrected chi connectivity index (χ2v) is 8.35. The first-order valence-corrected chi connectivity index (χ1v) is 9.41. The summed E-state index contributed by atoms with van der Waals surface area (Å²) in [5.41, 5.74) is 0.151. The molecule has 6 heteroatoms. The van der Waals surface area contributed by atoms with Gasteiger partial charge in [0.1, 0.15) is 17.5 Å². The molecule has 1 fully saturated rings. The zero-order valence-corrected chi connectivity index (χ0v) is 16.7. The van der Waals surface area contributed by atoms with Crippen LogP contribution in [0.1, 0.15) is 53.2 Å². The highest BCUT2D eigenvalue weighted by Crippen LogP contribution is 2.31. The van der Waals surface area contributed by atoms with E-state index in [2.05, 4.69) is 34.8 Å². The quantitative estimate of drug-likeness (QED) is 0.701. The van der Waals surface area contributed by atoms with Crippen molar-refractivity contribution in [1.82, 2.24) is 9.88 Å². The van der Waals surface area contributed by atoms with E-state index in [0.717, 1.165) is 24.3 Å². The number of alkyl halides is 1. The first kappa shape index (κ1) is 19.0. The number of nitrogens with zero attached hydrogens (tertiary/aromatic N) is 2. The number of carbonyl (C=O) groups excluding carboxylic acids is 1. The number of rotatable bonds is 3. The van der Waals surface area contributed by atoms with E-state index in [0.29, 0.717) is 11.9 Å². The van der Waals surface area contributed by atoms with E-state index in [4.69, 9.17) is 9.47 Å². The van der Waals surface area contributed by atoms with Crippen molar-refractivity contribution in [2.45, 2.75) is 70.0 Å². The van der Waals surface area contributed by atoms with Gasteiger partial charge in [-0.3, -0.25) is 4.98 Å². The lowest BCUT2D eigenvalue weighted by Crippen LogP contribution is -2.56. The lowest BCUT2D eigenvalue weighted by Gasteiger charge is -2.45. The monoisotopic (exact) mass is 398 g/mol. The van der Waals surface area contributed by atoms with Crippen molar-refractivity contribution in [3.63, 3.8) is 0 Å². The van der Waals surface area contributed by atoms with Crippen LogP contribution in [0.2, 0.25) is 0 Å². The molecule has 0 N–H and O–H groups in total. The maximum Gasteiger partial charge on any atom is 0.410 e. The van der Waals surface area contributed by atoms with E-state index < -0.39 is 5.60 Å². The highest BCUT2D eigenvalue weighted by Gasteiger charge is 2.40. The molecular weight excluding hydrogens is 372 g/mol. The molecule has 0 aromatic carbocycles. The van der Waals surface area contributed by atoms with Crippen LogP contribution in [0.4, 0.5) is 4.79 Å². The lowest BCUT2D eigenvalue weighted by molar-refractivity contribution is -0.0262. The van der Waals surface area contributed by atoms with Gasteiger partial charge in [-0.2, -0.15) is 0 Å². The molecule has 2 rings (SSSR count). The number of ether oxygens (including phenoxy) is 2. The molecule has 1 unspecified atom stereocenters. The third kappa shape index (κ3) is 5.10. The van der Waals surface area contributed by atoms with Crippen molar-refractivity contribution in [2.24, 2.45) is 0 Å². The molecule has 0 radical (unpaired) electrons. The average Bonchev–Trinajstić information content (AvgIpc) is 2.44. The molecule has 24 heavy (non-hydrogen) atoms. The van der Waals surface area contributed by atoms with Gasteiger partial charge in [-0.05, 0) is 40.7 Å². The first-order valence-electron chi connectivity index (χ1n) is 8.29. The molecule has 1 amide bonds. The molecule has 0 aliphatic carbocycles. The number of likely N-dealkylation sites (tertiary alicyclic amines) is 1. The second kappa shape index (κ2) is 7.30. The number of halogens is 1. The molecule has 134 valence electrons. The molecule has 0 spiro atoms. The highest BCUT2D eigenvalue weighted by molar-refractivity contribution is 9.08. The average molecular weight is 399 g/mol. The predicted molar refractivity (Wildman–Crippen MR) is 97.5 cm³/mol. The van der Waals surface area contributed by atoms with Crippen molar-refractivity contribution in [3.8, 4) is 5.75 Å². The van der Waals surface area contributed by atoms with Crippen molar-refractivity contribution >= 4 is 22.0 Å². The van der Waals surface area contributed by atoms with Gasteiger partial charge in [0, 0.05) is 42.5 Å². The maximum absolute atomic E-state index is 12.4. The summed E-state index contributed by atoms with van der Waals surface area (Å²) in [6.07, 6.45) is 3.13. The number of carbonyl (C=O) groups is 1. The fourth-order valence-electron chi connectivity index (χ4n) is 2.90. The molecule has 1 saturated heterocycles. The Morgan fingerprint density at radius 1 is 1.46 bits per heavy atom. The van der Waals surface area contributed by atoms with Crippen LogP contribution in [0.25, 0.3) is 0 Å². The summed E-state index contributed by atoms with van der Waals surface area (Å²) >= 11 is 3.41. The Hall–Kier alpha value is -1.30. The Morgan fingerprint density at radius 3 is 2.75 bits per heavy atom. The molecule has 1 aliphatic rings. The second-order valence-electron chi connectivity index (χ2n) is 7.79. The molecule has 5 nitrogen and oxygen atoms in total. The van der Waals surface area contributed by atoms with Crippen LogP contribution < -0.4 is 4.74 Å². The van der Waals surface area contributed by atoms with Crippen molar-refractivity contribution < 1.29 is 14.3 Å². The highest BCUT2D eigenvalue weighted by atomic mass is 79.9. The molecule has 1 aromatic heterocycles. The molecule has 0 saturated carbocycles. The Bertz CT molecular complexity index is 584. The number of amides is 1. The first-order chi connectivity index (χ1) is 11.1. The normalized spacial score (nSPS) is 20.6. The van der Waals surface area contributed by atoms with E-state index >= 15 is 0 Å². The largest absolute Gasteiger partial charge is 0.490 e. The topological polar surface area (TPSA) is 51.7 Å². The molecular formula is C18H27BrN2O3. The van der Waals surface area contributed by atoms with Crippen LogP contribution in [0.15, 0.2) is 18.3 Å². The Labute approximate surface area is 152 Å². The minimum absolute atomic E-state index is 0.0734. The van der Waals surface area contributed by atoms with E-state index in [-0.39, 0.29) is 17.7 Å². The fourth-order valence-corrected chi connectivity index (χ4v) is 3.20. The number of pyridine rings is 1. The van der Waals surface area contributed by atoms with Gasteiger partial charge < -0.3 is 14.4 Å². The van der Waals surface area contributed by atoms with Crippen molar-refractivity contribution in [3.05, 3.63) is 24.0 Å². The summed E-state index contributed by atoms with van der Waals surface area (Å²) < 4.78 is 11.7. The Morgan fingerprint density at radius 2 is 2.17 bits per heavy atom. The Kier molecular flexibility index (Phi) is 5.78. The van der Waals surface area contributed by atoms with Gasteiger partial charge in [-0.1, -0.05) is 15.9 Å². The van der Waals surface area contributed by atoms with E-state index in [9.17, 15) is 4.79 Å². The molecule has 1 aliphatic heterocycles. The summed E-state index contributed by atoms with van der Waals surface area (Å²) in [5, 5.41) is 0.701. The van der Waals surface area contributed by atoms with Crippen LogP contribution in [-0.2, 0) is 10.1 Å². The van der Waals surface area contributed by atoms with Crippen molar-refractivity contribution in [1.29, 1.82) is 0 Å². The van der Waals surface area contributed by atoms with Crippen molar-refractivity contribution in [2.75, 3.05) is 6.54 Å². The molecule has 1 aromatic rings. The van der Waals surface area contributed by atoms with E-state index in [1.54, 1.807) is 6.20 Å². The standard InChI is InChI=1S/C18H27BrN2O3/c1-17(2,3)24-16(22)21-9-7-15(11-18(21,4)5)23-14-6-8-20-13(10-14)12-19/h6,8,10,15H,7,9,11-12H2,1-5H3. The van der Waals surface area contributed by atoms with E-state index in [1.165, 1.54) is 0 Å². The number of aromatic nitrogens is 1. The van der Waals surface area contributed by atoms with Gasteiger partial charge in [-0.25, -0.2) is 4.79 Å². The van der Waals surface area contributed by atoms with Gasteiger partial charge in [0.15, 0.2) is 0 Å². The number of hydrogen-bond donors (Lipinski definition) is 0. The summed E-state index contributed by atoms with van der Waals surface area (Å²) in [6, 6.07) is 3.82. The van der Waals surface area contributed by atoms with E-state index in [1.807, 2.05) is 37.8 Å². The van der Waals surface area contributed by atoms with Crippen LogP contribution in [-0.4, -0.2) is 39.8 Å². The Balaban J connectivity index is 2.01. The maximum atomic E-state index is 12.4. The molecule has 2 heterocycles. The van der Waals surface area contributed by atoms with Crippen LogP contribution in [0, 0.1) is 0 Å². The van der Waals surface area contributed by atoms with Crippen LogP contribution >= 0.6 is 15.9 Å². The predicted octanol–water partition coefficient (Wildman–Crippen LogP) is 4.53. The summed E-state index contributed by atoms with van der Waals surface area (Å²) in [6.45, 7) is 10.4. The fraction of sp³-hybridized carbons (Fsp3) is 0.667. The van der Waals surface area contributed by atoms with Gasteiger partial charge in [0.25, 0.3) is 0 Å². The summed E-state index contributed by atoms with van der Waals surface area (Å²) in [4.78, 5) is 18.5. The lowest BCUT2D eigenvalue weighted by atomic mass is 9.89. The third-order valence-electron chi connectivity index (χ3n) is 3.97.